The van der Waals surface area contributed by atoms with E-state index < -0.39 is 0 Å². The van der Waals surface area contributed by atoms with Crippen molar-refractivity contribution in [1.82, 2.24) is 29.9 Å². The van der Waals surface area contributed by atoms with E-state index >= 15 is 0 Å². The quantitative estimate of drug-likeness (QED) is 0.127. The van der Waals surface area contributed by atoms with Crippen molar-refractivity contribution in [1.29, 1.82) is 0 Å². The molecule has 0 radical (unpaired) electrons. The fraction of sp³-hybridized carbons (Fsp3) is 0. The third kappa shape index (κ3) is 12.2. The summed E-state index contributed by atoms with van der Waals surface area (Å²) >= 11 is 1.83. The minimum Gasteiger partial charge on any atom is -0.456 e. The number of nitrogens with zero attached hydrogens (tertiary/aromatic N) is 6. The molecule has 0 atom stereocenters. The lowest BCUT2D eigenvalue weighted by atomic mass is 9.92. The summed E-state index contributed by atoms with van der Waals surface area (Å²) in [7, 11) is 0. The molecular weight excluding hydrogens is 1380 g/mol. The Hall–Kier alpha value is -14.7. The smallest absolute Gasteiger partial charge is 0.164 e. The Balaban J connectivity index is 0.000000142. The van der Waals surface area contributed by atoms with Crippen LogP contribution >= 0.6 is 11.3 Å². The topological polar surface area (TPSA) is 90.5 Å². The number of furan rings is 1. The van der Waals surface area contributed by atoms with E-state index in [-0.39, 0.29) is 0 Å². The molecule has 522 valence electrons. The third-order valence-corrected chi connectivity index (χ3v) is 22.8. The molecule has 0 bridgehead atoms. The molecule has 22 rings (SSSR count). The highest BCUT2D eigenvalue weighted by Gasteiger charge is 2.21. The minimum atomic E-state index is 0.610. The summed E-state index contributed by atoms with van der Waals surface area (Å²) in [5.41, 5.74) is 19.2. The zero-order valence-electron chi connectivity index (χ0n) is 60.5. The molecule has 7 nitrogen and oxygen atoms in total. The first-order valence-corrected chi connectivity index (χ1v) is 38.5. The van der Waals surface area contributed by atoms with Gasteiger partial charge in [-0.2, -0.15) is 0 Å². The Labute approximate surface area is 649 Å². The lowest BCUT2D eigenvalue weighted by Crippen LogP contribution is -2.00. The lowest BCUT2D eigenvalue weighted by molar-refractivity contribution is 0.669. The summed E-state index contributed by atoms with van der Waals surface area (Å²) in [4.78, 5) is 30.8. The van der Waals surface area contributed by atoms with Gasteiger partial charge in [-0.3, -0.25) is 0 Å². The predicted molar refractivity (Wildman–Crippen MR) is 467 cm³/mol. The predicted octanol–water partition coefficient (Wildman–Crippen LogP) is 28.1. The number of hydrogen-bond donors (Lipinski definition) is 0. The summed E-state index contributed by atoms with van der Waals surface area (Å²) < 4.78 is 8.98. The molecule has 0 aliphatic carbocycles. The first-order chi connectivity index (χ1) is 55.4. The Morgan fingerprint density at radius 2 is 0.545 bits per heavy atom. The molecule has 0 fully saturated rings. The van der Waals surface area contributed by atoms with Crippen LogP contribution in [0.25, 0.3) is 220 Å². The number of rotatable bonds is 11. The van der Waals surface area contributed by atoms with E-state index in [1.54, 1.807) is 0 Å². The highest BCUT2D eigenvalue weighted by Crippen LogP contribution is 2.44. The Kier molecular flexibility index (Phi) is 16.3. The fourth-order valence-corrected chi connectivity index (χ4v) is 17.1. The van der Waals surface area contributed by atoms with Gasteiger partial charge in [-0.05, 0) is 188 Å². The van der Waals surface area contributed by atoms with Gasteiger partial charge >= 0.3 is 0 Å². The fourth-order valence-electron chi connectivity index (χ4n) is 16.0. The average Bonchev–Trinajstić information content (AvgIpc) is 1.53. The first-order valence-electron chi connectivity index (χ1n) is 37.7. The normalized spacial score (nSPS) is 11.6. The van der Waals surface area contributed by atoms with E-state index in [1.165, 1.54) is 85.9 Å². The first kappa shape index (κ1) is 65.6. The summed E-state index contributed by atoms with van der Waals surface area (Å²) in [6.45, 7) is 0. The van der Waals surface area contributed by atoms with E-state index in [0.717, 1.165) is 99.1 Å². The van der Waals surface area contributed by atoms with Gasteiger partial charge in [0.15, 0.2) is 34.9 Å². The molecule has 112 heavy (non-hydrogen) atoms. The van der Waals surface area contributed by atoms with E-state index in [0.29, 0.717) is 34.9 Å². The molecule has 0 spiro atoms. The highest BCUT2D eigenvalue weighted by atomic mass is 32.1. The van der Waals surface area contributed by atoms with E-state index in [4.69, 9.17) is 34.3 Å². The summed E-state index contributed by atoms with van der Waals surface area (Å²) in [5.74, 6) is 3.82. The highest BCUT2D eigenvalue weighted by molar-refractivity contribution is 7.25. The Bertz CT molecular complexity index is 7460. The van der Waals surface area contributed by atoms with Crippen LogP contribution in [0.5, 0.6) is 0 Å². The second-order valence-corrected chi connectivity index (χ2v) is 29.5. The maximum atomic E-state index is 6.50. The van der Waals surface area contributed by atoms with Crippen LogP contribution in [0.3, 0.4) is 0 Å². The SMILES string of the molecule is c1cc(-c2ccc3c(c2)oc2ccc(-c4nc(-c5ccc6ccccc6c5)nc(-c5cccc6ccccc56)n4)cc23)cc(-c2cccc3ccccc23)c1.c1ccc(-c2cccc(-c3nc(-c4ccc5ccccc5c4)nc(-c4ccc5sc6cc(-c7ccc(-c8ccccc8)c8ccccc78)ccc6c5c4)n3)c2)cc1. The summed E-state index contributed by atoms with van der Waals surface area (Å²) in [5, 5.41) is 16.4. The zero-order valence-corrected chi connectivity index (χ0v) is 61.3. The van der Waals surface area contributed by atoms with Gasteiger partial charge in [-0.1, -0.05) is 309 Å². The number of benzene rings is 18. The number of fused-ring (bicyclic) bond motifs is 11. The van der Waals surface area contributed by atoms with Crippen LogP contribution in [0.1, 0.15) is 0 Å². The van der Waals surface area contributed by atoms with E-state index in [1.807, 2.05) is 29.5 Å². The number of thiophene rings is 1. The average molecular weight is 1450 g/mol. The van der Waals surface area contributed by atoms with Gasteiger partial charge in [0, 0.05) is 64.3 Å². The zero-order chi connectivity index (χ0) is 74.0. The maximum Gasteiger partial charge on any atom is 0.164 e. The molecule has 4 aromatic heterocycles. The molecule has 0 N–H and O–H groups in total. The summed E-state index contributed by atoms with van der Waals surface area (Å²) in [6, 6.07) is 137. The standard InChI is InChI=1S/C53H33N3S.C51H31N3O/c1-3-12-34(13-4-1)38-18-11-19-40(30-38)51-54-52(41-23-22-35-14-7-8-17-37(35)31-41)56-53(55-51)42-25-29-49-48(32-42)47-26-24-39(33-50(47)57-49)44-28-27-43(36-15-5-2-6-16-36)45-20-9-10-21-46(44)45;1-2-13-35-29-39(23-22-32(35)10-1)49-52-50(54-51(53-49)45-21-9-15-34-12-4-6-19-42(34)45)40-25-27-47-46(30-40)44-26-24-37(31-48(44)55-47)36-16-7-17-38(28-36)43-20-8-14-33-11-3-5-18-41(33)43/h1-33H;1-31H. The molecule has 0 amide bonds. The molecule has 8 heteroatoms. The van der Waals surface area contributed by atoms with Crippen LogP contribution in [0.2, 0.25) is 0 Å². The molecular formula is C104H64N6OS. The largest absolute Gasteiger partial charge is 0.456 e. The number of hydrogen-bond acceptors (Lipinski definition) is 8. The molecule has 0 saturated heterocycles. The molecule has 0 aliphatic rings. The van der Waals surface area contributed by atoms with Crippen molar-refractivity contribution in [3.05, 3.63) is 388 Å². The third-order valence-electron chi connectivity index (χ3n) is 21.6. The van der Waals surface area contributed by atoms with Crippen molar-refractivity contribution in [2.75, 3.05) is 0 Å². The second kappa shape index (κ2) is 27.8. The van der Waals surface area contributed by atoms with Gasteiger partial charge < -0.3 is 4.42 Å². The van der Waals surface area contributed by atoms with Crippen molar-refractivity contribution in [3.8, 4) is 124 Å². The van der Waals surface area contributed by atoms with Gasteiger partial charge in [-0.15, -0.1) is 11.3 Å². The summed E-state index contributed by atoms with van der Waals surface area (Å²) in [6.07, 6.45) is 0. The van der Waals surface area contributed by atoms with Crippen LogP contribution in [0.15, 0.2) is 393 Å². The van der Waals surface area contributed by atoms with Crippen LogP contribution in [-0.4, -0.2) is 29.9 Å². The monoisotopic (exact) mass is 1440 g/mol. The van der Waals surface area contributed by atoms with Crippen molar-refractivity contribution in [3.63, 3.8) is 0 Å². The number of aromatic nitrogens is 6. The molecule has 4 heterocycles. The van der Waals surface area contributed by atoms with E-state index in [2.05, 4.69) is 370 Å². The Morgan fingerprint density at radius 3 is 1.18 bits per heavy atom. The van der Waals surface area contributed by atoms with Crippen molar-refractivity contribution in [2.45, 2.75) is 0 Å². The van der Waals surface area contributed by atoms with Crippen molar-refractivity contribution < 1.29 is 4.42 Å². The van der Waals surface area contributed by atoms with Gasteiger partial charge in [0.05, 0.1) is 0 Å². The lowest BCUT2D eigenvalue weighted by Gasteiger charge is -2.12. The van der Waals surface area contributed by atoms with Gasteiger partial charge in [0.2, 0.25) is 0 Å². The van der Waals surface area contributed by atoms with Gasteiger partial charge in [0.1, 0.15) is 11.2 Å². The molecule has 0 saturated carbocycles. The maximum absolute atomic E-state index is 6.50. The van der Waals surface area contributed by atoms with Crippen molar-refractivity contribution in [2.24, 2.45) is 0 Å². The van der Waals surface area contributed by atoms with Gasteiger partial charge in [0.25, 0.3) is 0 Å². The molecule has 0 aliphatic heterocycles. The van der Waals surface area contributed by atoms with Gasteiger partial charge in [-0.25, -0.2) is 29.9 Å². The van der Waals surface area contributed by atoms with Crippen LogP contribution in [-0.2, 0) is 0 Å². The Morgan fingerprint density at radius 1 is 0.161 bits per heavy atom. The second-order valence-electron chi connectivity index (χ2n) is 28.4. The van der Waals surface area contributed by atoms with Crippen LogP contribution in [0, 0.1) is 0 Å². The molecule has 0 unspecified atom stereocenters. The van der Waals surface area contributed by atoms with Crippen LogP contribution in [0.4, 0.5) is 0 Å². The molecule has 22 aromatic rings. The molecule has 18 aromatic carbocycles. The van der Waals surface area contributed by atoms with E-state index in [9.17, 15) is 0 Å². The minimum absolute atomic E-state index is 0.610. The van der Waals surface area contributed by atoms with Crippen molar-refractivity contribution >= 4 is 107 Å². The van der Waals surface area contributed by atoms with Crippen LogP contribution < -0.4 is 0 Å².